The zero-order chi connectivity index (χ0) is 15.0. The molecule has 1 aliphatic rings. The van der Waals surface area contributed by atoms with Gasteiger partial charge in [0.1, 0.15) is 11.5 Å². The molecule has 0 bridgehead atoms. The van der Waals surface area contributed by atoms with Gasteiger partial charge in [0.25, 0.3) is 0 Å². The average molecular weight is 311 g/mol. The first-order valence-corrected chi connectivity index (χ1v) is 7.17. The summed E-state index contributed by atoms with van der Waals surface area (Å²) in [6.45, 7) is 4.01. The average Bonchev–Trinajstić information content (AvgIpc) is 2.84. The summed E-state index contributed by atoms with van der Waals surface area (Å²) in [5, 5.41) is 17.9. The third kappa shape index (κ3) is 3.07. The molecule has 0 spiro atoms. The van der Waals surface area contributed by atoms with Crippen molar-refractivity contribution in [2.45, 2.75) is 25.6 Å². The van der Waals surface area contributed by atoms with E-state index in [0.29, 0.717) is 17.3 Å². The third-order valence-electron chi connectivity index (χ3n) is 3.68. The fourth-order valence-electron chi connectivity index (χ4n) is 2.39. The van der Waals surface area contributed by atoms with Crippen molar-refractivity contribution in [3.63, 3.8) is 0 Å². The van der Waals surface area contributed by atoms with Crippen LogP contribution in [-0.4, -0.2) is 38.1 Å². The van der Waals surface area contributed by atoms with Crippen LogP contribution in [0.4, 0.5) is 4.39 Å². The SMILES string of the molecule is CC(O)c1cn(C2CN(Cc3ccc(F)cc3Cl)C2)nn1. The Bertz CT molecular complexity index is 640. The molecule has 1 saturated heterocycles. The van der Waals surface area contributed by atoms with Gasteiger partial charge in [0.2, 0.25) is 0 Å². The van der Waals surface area contributed by atoms with Gasteiger partial charge < -0.3 is 5.11 Å². The number of hydrogen-bond donors (Lipinski definition) is 1. The standard InChI is InChI=1S/C14H16ClFN4O/c1-9(21)14-8-20(18-17-14)12-6-19(7-12)5-10-2-3-11(16)4-13(10)15/h2-4,8-9,12,21H,5-7H2,1H3. The molecule has 1 aliphatic heterocycles. The van der Waals surface area contributed by atoms with Crippen molar-refractivity contribution in [2.24, 2.45) is 0 Å². The van der Waals surface area contributed by atoms with Gasteiger partial charge >= 0.3 is 0 Å². The maximum Gasteiger partial charge on any atom is 0.124 e. The van der Waals surface area contributed by atoms with E-state index < -0.39 is 6.10 Å². The molecule has 3 rings (SSSR count). The minimum absolute atomic E-state index is 0.254. The third-order valence-corrected chi connectivity index (χ3v) is 4.03. The summed E-state index contributed by atoms with van der Waals surface area (Å²) in [5.74, 6) is -0.321. The van der Waals surface area contributed by atoms with Crippen molar-refractivity contribution in [1.82, 2.24) is 19.9 Å². The van der Waals surface area contributed by atoms with Gasteiger partial charge in [-0.2, -0.15) is 0 Å². The van der Waals surface area contributed by atoms with Gasteiger partial charge in [-0.1, -0.05) is 22.9 Å². The first-order chi connectivity index (χ1) is 10.0. The van der Waals surface area contributed by atoms with Crippen LogP contribution in [0.5, 0.6) is 0 Å². The van der Waals surface area contributed by atoms with E-state index in [0.717, 1.165) is 18.7 Å². The second kappa shape index (κ2) is 5.71. The highest BCUT2D eigenvalue weighted by molar-refractivity contribution is 6.31. The van der Waals surface area contributed by atoms with Gasteiger partial charge in [0, 0.05) is 24.7 Å². The summed E-state index contributed by atoms with van der Waals surface area (Å²) < 4.78 is 14.8. The van der Waals surface area contributed by atoms with Crippen LogP contribution in [0, 0.1) is 5.82 Å². The largest absolute Gasteiger partial charge is 0.387 e. The summed E-state index contributed by atoms with van der Waals surface area (Å²) in [4.78, 5) is 2.20. The van der Waals surface area contributed by atoms with E-state index >= 15 is 0 Å². The molecule has 0 aliphatic carbocycles. The molecule has 7 heteroatoms. The highest BCUT2D eigenvalue weighted by Gasteiger charge is 2.29. The lowest BCUT2D eigenvalue weighted by Crippen LogP contribution is -2.47. The van der Waals surface area contributed by atoms with Gasteiger partial charge in [-0.15, -0.1) is 5.10 Å². The molecule has 2 heterocycles. The number of hydrogen-bond acceptors (Lipinski definition) is 4. The fourth-order valence-corrected chi connectivity index (χ4v) is 2.62. The molecule has 1 aromatic heterocycles. The summed E-state index contributed by atoms with van der Waals surface area (Å²) >= 11 is 6.02. The molecule has 0 saturated carbocycles. The van der Waals surface area contributed by atoms with Crippen molar-refractivity contribution >= 4 is 11.6 Å². The van der Waals surface area contributed by atoms with E-state index in [1.165, 1.54) is 12.1 Å². The van der Waals surface area contributed by atoms with Crippen molar-refractivity contribution in [2.75, 3.05) is 13.1 Å². The van der Waals surface area contributed by atoms with Crippen molar-refractivity contribution < 1.29 is 9.50 Å². The molecule has 5 nitrogen and oxygen atoms in total. The van der Waals surface area contributed by atoms with Gasteiger partial charge in [-0.05, 0) is 24.6 Å². The lowest BCUT2D eigenvalue weighted by atomic mass is 10.1. The molecular formula is C14H16ClFN4O. The number of benzene rings is 1. The van der Waals surface area contributed by atoms with Gasteiger partial charge in [-0.3, -0.25) is 4.90 Å². The van der Waals surface area contributed by atoms with Crippen LogP contribution in [0.15, 0.2) is 24.4 Å². The topological polar surface area (TPSA) is 54.2 Å². The predicted molar refractivity (Wildman–Crippen MR) is 76.4 cm³/mol. The van der Waals surface area contributed by atoms with E-state index in [1.807, 2.05) is 0 Å². The van der Waals surface area contributed by atoms with Gasteiger partial charge in [0.05, 0.1) is 18.3 Å². The predicted octanol–water partition coefficient (Wildman–Crippen LogP) is 2.18. The Hall–Kier alpha value is -1.50. The summed E-state index contributed by atoms with van der Waals surface area (Å²) in [5.41, 5.74) is 1.50. The van der Waals surface area contributed by atoms with Crippen LogP contribution in [0.3, 0.4) is 0 Å². The molecule has 1 unspecified atom stereocenters. The van der Waals surface area contributed by atoms with Crippen molar-refractivity contribution in [1.29, 1.82) is 0 Å². The van der Waals surface area contributed by atoms with Crippen LogP contribution in [0.2, 0.25) is 5.02 Å². The van der Waals surface area contributed by atoms with Crippen LogP contribution in [0.25, 0.3) is 0 Å². The number of nitrogens with zero attached hydrogens (tertiary/aromatic N) is 4. The lowest BCUT2D eigenvalue weighted by molar-refractivity contribution is 0.0895. The smallest absolute Gasteiger partial charge is 0.124 e. The molecule has 1 atom stereocenters. The van der Waals surface area contributed by atoms with Crippen LogP contribution in [0.1, 0.15) is 30.3 Å². The van der Waals surface area contributed by atoms with E-state index in [4.69, 9.17) is 11.6 Å². The zero-order valence-corrected chi connectivity index (χ0v) is 12.3. The highest BCUT2D eigenvalue weighted by atomic mass is 35.5. The van der Waals surface area contributed by atoms with Gasteiger partial charge in [-0.25, -0.2) is 9.07 Å². The number of halogens is 2. The molecule has 21 heavy (non-hydrogen) atoms. The molecule has 0 amide bonds. The second-order valence-corrected chi connectivity index (χ2v) is 5.79. The maximum atomic E-state index is 13.0. The van der Waals surface area contributed by atoms with Crippen molar-refractivity contribution in [3.05, 3.63) is 46.5 Å². The Balaban J connectivity index is 1.58. The Morgan fingerprint density at radius 2 is 2.24 bits per heavy atom. The van der Waals surface area contributed by atoms with Crippen LogP contribution in [-0.2, 0) is 6.54 Å². The number of rotatable bonds is 4. The first kappa shape index (κ1) is 14.4. The fraction of sp³-hybridized carbons (Fsp3) is 0.429. The van der Waals surface area contributed by atoms with Crippen LogP contribution < -0.4 is 0 Å². The number of aliphatic hydroxyl groups excluding tert-OH is 1. The quantitative estimate of drug-likeness (QED) is 0.940. The minimum Gasteiger partial charge on any atom is -0.387 e. The number of aromatic nitrogens is 3. The molecule has 1 aromatic carbocycles. The Morgan fingerprint density at radius 1 is 1.48 bits per heavy atom. The van der Waals surface area contributed by atoms with Crippen LogP contribution >= 0.6 is 11.6 Å². The lowest BCUT2D eigenvalue weighted by Gasteiger charge is -2.39. The monoisotopic (exact) mass is 310 g/mol. The first-order valence-electron chi connectivity index (χ1n) is 6.79. The van der Waals surface area contributed by atoms with E-state index in [-0.39, 0.29) is 11.9 Å². The molecular weight excluding hydrogens is 295 g/mol. The van der Waals surface area contributed by atoms with Crippen molar-refractivity contribution in [3.8, 4) is 0 Å². The highest BCUT2D eigenvalue weighted by Crippen LogP contribution is 2.26. The van der Waals surface area contributed by atoms with E-state index in [1.54, 1.807) is 23.9 Å². The molecule has 1 fully saturated rings. The van der Waals surface area contributed by atoms with E-state index in [2.05, 4.69) is 15.2 Å². The normalized spacial score (nSPS) is 17.7. The number of aliphatic hydroxyl groups is 1. The summed E-state index contributed by atoms with van der Waals surface area (Å²) in [6, 6.07) is 4.72. The zero-order valence-electron chi connectivity index (χ0n) is 11.6. The second-order valence-electron chi connectivity index (χ2n) is 5.38. The Labute approximate surface area is 126 Å². The summed E-state index contributed by atoms with van der Waals surface area (Å²) in [7, 11) is 0. The maximum absolute atomic E-state index is 13.0. The molecule has 1 N–H and O–H groups in total. The summed E-state index contributed by atoms with van der Waals surface area (Å²) in [6.07, 6.45) is 1.17. The molecule has 0 radical (unpaired) electrons. The Kier molecular flexibility index (Phi) is 3.93. The molecule has 2 aromatic rings. The van der Waals surface area contributed by atoms with Gasteiger partial charge in [0.15, 0.2) is 0 Å². The van der Waals surface area contributed by atoms with E-state index in [9.17, 15) is 9.50 Å². The molecule has 112 valence electrons. The Morgan fingerprint density at radius 3 is 2.86 bits per heavy atom. The minimum atomic E-state index is -0.604. The number of likely N-dealkylation sites (tertiary alicyclic amines) is 1.